The van der Waals surface area contributed by atoms with Gasteiger partial charge in [-0.1, -0.05) is 39.5 Å². The third-order valence-electron chi connectivity index (χ3n) is 4.22. The van der Waals surface area contributed by atoms with Gasteiger partial charge in [-0.2, -0.15) is 17.4 Å². The molecule has 1 fully saturated rings. The Morgan fingerprint density at radius 2 is 1.90 bits per heavy atom. The molecule has 0 spiro atoms. The van der Waals surface area contributed by atoms with E-state index in [1.54, 1.807) is 6.92 Å². The van der Waals surface area contributed by atoms with Gasteiger partial charge in [-0.15, -0.1) is 0 Å². The first-order valence-electron chi connectivity index (χ1n) is 7.27. The average Bonchev–Trinajstić information content (AvgIpc) is 2.43. The van der Waals surface area contributed by atoms with E-state index in [0.717, 1.165) is 32.1 Å². The summed E-state index contributed by atoms with van der Waals surface area (Å²) < 4.78 is 28.3. The second-order valence-corrected chi connectivity index (χ2v) is 7.39. The molecule has 0 aromatic rings. The van der Waals surface area contributed by atoms with Crippen LogP contribution in [0.3, 0.4) is 0 Å². The lowest BCUT2D eigenvalue weighted by Crippen LogP contribution is -2.52. The summed E-state index contributed by atoms with van der Waals surface area (Å²) >= 11 is 0. The number of hydrogen-bond acceptors (Lipinski definition) is 3. The molecule has 0 aromatic carbocycles. The predicted octanol–water partition coefficient (Wildman–Crippen LogP) is 1.58. The maximum atomic E-state index is 12.3. The van der Waals surface area contributed by atoms with E-state index in [4.69, 9.17) is 0 Å². The number of hydrogen-bond donors (Lipinski definition) is 2. The molecule has 1 rings (SSSR count). The zero-order valence-corrected chi connectivity index (χ0v) is 13.3. The van der Waals surface area contributed by atoms with Crippen LogP contribution in [0.25, 0.3) is 0 Å². The van der Waals surface area contributed by atoms with Gasteiger partial charge in [-0.3, -0.25) is 4.79 Å². The number of carboxylic acids is 1. The molecule has 7 heteroatoms. The van der Waals surface area contributed by atoms with Gasteiger partial charge in [0.2, 0.25) is 0 Å². The molecule has 0 radical (unpaired) electrons. The molecule has 2 unspecified atom stereocenters. The number of nitrogens with zero attached hydrogens (tertiary/aromatic N) is 1. The van der Waals surface area contributed by atoms with Gasteiger partial charge in [0, 0.05) is 13.1 Å². The summed E-state index contributed by atoms with van der Waals surface area (Å²) in [5.41, 5.74) is 0. The van der Waals surface area contributed by atoms with Gasteiger partial charge in [0.25, 0.3) is 10.2 Å². The van der Waals surface area contributed by atoms with Crippen molar-refractivity contribution in [3.05, 3.63) is 0 Å². The molecule has 1 saturated carbocycles. The van der Waals surface area contributed by atoms with Gasteiger partial charge in [0.05, 0.1) is 0 Å². The van der Waals surface area contributed by atoms with E-state index < -0.39 is 22.2 Å². The Morgan fingerprint density at radius 1 is 1.35 bits per heavy atom. The first kappa shape index (κ1) is 17.4. The largest absolute Gasteiger partial charge is 0.480 e. The van der Waals surface area contributed by atoms with Crippen molar-refractivity contribution in [2.75, 3.05) is 7.05 Å². The summed E-state index contributed by atoms with van der Waals surface area (Å²) in [5.74, 6) is -1.37. The maximum Gasteiger partial charge on any atom is 0.322 e. The third-order valence-corrected chi connectivity index (χ3v) is 5.83. The lowest BCUT2D eigenvalue weighted by molar-refractivity contribution is -0.140. The SMILES string of the molecule is CCC(C)C(NS(=O)(=O)N(C)C1CCCCC1)C(=O)O. The highest BCUT2D eigenvalue weighted by Gasteiger charge is 2.33. The Bertz CT molecular complexity index is 418. The van der Waals surface area contributed by atoms with Crippen LogP contribution in [-0.2, 0) is 15.0 Å². The quantitative estimate of drug-likeness (QED) is 0.747. The Morgan fingerprint density at radius 3 is 2.35 bits per heavy atom. The Hall–Kier alpha value is -0.660. The second kappa shape index (κ2) is 7.38. The fourth-order valence-electron chi connectivity index (χ4n) is 2.53. The minimum absolute atomic E-state index is 0.0207. The van der Waals surface area contributed by atoms with Crippen LogP contribution in [-0.4, -0.2) is 42.9 Å². The fraction of sp³-hybridized carbons (Fsp3) is 0.923. The highest BCUT2D eigenvalue weighted by atomic mass is 32.2. The molecular formula is C13H26N2O4S. The van der Waals surface area contributed by atoms with Gasteiger partial charge in [-0.25, -0.2) is 0 Å². The molecule has 1 aliphatic carbocycles. The van der Waals surface area contributed by atoms with E-state index >= 15 is 0 Å². The standard InChI is InChI=1S/C13H26N2O4S/c1-4-10(2)12(13(16)17)14-20(18,19)15(3)11-8-6-5-7-9-11/h10-12,14H,4-9H2,1-3H3,(H,16,17). The molecule has 0 bridgehead atoms. The lowest BCUT2D eigenvalue weighted by atomic mass is 9.96. The number of aliphatic carboxylic acids is 1. The molecule has 0 heterocycles. The fourth-order valence-corrected chi connectivity index (χ4v) is 3.95. The van der Waals surface area contributed by atoms with E-state index in [0.29, 0.717) is 6.42 Å². The van der Waals surface area contributed by atoms with Crippen molar-refractivity contribution in [2.45, 2.75) is 64.5 Å². The van der Waals surface area contributed by atoms with Gasteiger partial charge >= 0.3 is 5.97 Å². The normalized spacial score (nSPS) is 20.8. The van der Waals surface area contributed by atoms with E-state index in [2.05, 4.69) is 4.72 Å². The van der Waals surface area contributed by atoms with Crippen molar-refractivity contribution < 1.29 is 18.3 Å². The van der Waals surface area contributed by atoms with Crippen molar-refractivity contribution >= 4 is 16.2 Å². The van der Waals surface area contributed by atoms with E-state index in [1.165, 1.54) is 11.4 Å². The molecule has 0 saturated heterocycles. The molecule has 6 nitrogen and oxygen atoms in total. The van der Waals surface area contributed by atoms with Crippen LogP contribution in [0.15, 0.2) is 0 Å². The molecular weight excluding hydrogens is 280 g/mol. The minimum Gasteiger partial charge on any atom is -0.480 e. The van der Waals surface area contributed by atoms with Crippen LogP contribution in [0.4, 0.5) is 0 Å². The van der Waals surface area contributed by atoms with E-state index in [9.17, 15) is 18.3 Å². The summed E-state index contributed by atoms with van der Waals surface area (Å²) in [5, 5.41) is 9.18. The summed E-state index contributed by atoms with van der Waals surface area (Å²) in [4.78, 5) is 11.2. The van der Waals surface area contributed by atoms with Gasteiger partial charge in [0.1, 0.15) is 6.04 Å². The van der Waals surface area contributed by atoms with Crippen molar-refractivity contribution in [2.24, 2.45) is 5.92 Å². The van der Waals surface area contributed by atoms with Gasteiger partial charge < -0.3 is 5.11 Å². The lowest BCUT2D eigenvalue weighted by Gasteiger charge is -2.32. The van der Waals surface area contributed by atoms with Crippen LogP contribution >= 0.6 is 0 Å². The summed E-state index contributed by atoms with van der Waals surface area (Å²) in [6.07, 6.45) is 5.49. The molecule has 2 N–H and O–H groups in total. The summed E-state index contributed by atoms with van der Waals surface area (Å²) in [6, 6.07) is -1.09. The molecule has 0 aromatic heterocycles. The first-order valence-corrected chi connectivity index (χ1v) is 8.71. The van der Waals surface area contributed by atoms with Crippen molar-refractivity contribution in [3.8, 4) is 0 Å². The zero-order valence-electron chi connectivity index (χ0n) is 12.5. The molecule has 1 aliphatic rings. The first-order chi connectivity index (χ1) is 9.29. The van der Waals surface area contributed by atoms with Gasteiger partial charge in [-0.05, 0) is 18.8 Å². The summed E-state index contributed by atoms with van der Waals surface area (Å²) in [7, 11) is -2.22. The summed E-state index contributed by atoms with van der Waals surface area (Å²) in [6.45, 7) is 3.58. The van der Waals surface area contributed by atoms with Crippen molar-refractivity contribution in [1.29, 1.82) is 0 Å². The molecule has 0 aliphatic heterocycles. The molecule has 118 valence electrons. The number of nitrogens with one attached hydrogen (secondary N) is 1. The number of rotatable bonds is 7. The van der Waals surface area contributed by atoms with Crippen LogP contribution in [0.2, 0.25) is 0 Å². The molecule has 0 amide bonds. The average molecular weight is 306 g/mol. The third kappa shape index (κ3) is 4.43. The molecule has 20 heavy (non-hydrogen) atoms. The minimum atomic E-state index is -3.76. The Labute approximate surface area is 121 Å². The Kier molecular flexibility index (Phi) is 6.42. The monoisotopic (exact) mass is 306 g/mol. The molecule has 2 atom stereocenters. The topological polar surface area (TPSA) is 86.7 Å². The highest BCUT2D eigenvalue weighted by molar-refractivity contribution is 7.87. The van der Waals surface area contributed by atoms with Crippen molar-refractivity contribution in [3.63, 3.8) is 0 Å². The zero-order chi connectivity index (χ0) is 15.3. The van der Waals surface area contributed by atoms with E-state index in [1.807, 2.05) is 6.92 Å². The van der Waals surface area contributed by atoms with E-state index in [-0.39, 0.29) is 12.0 Å². The maximum absolute atomic E-state index is 12.3. The van der Waals surface area contributed by atoms with Crippen molar-refractivity contribution in [1.82, 2.24) is 9.03 Å². The smallest absolute Gasteiger partial charge is 0.322 e. The van der Waals surface area contributed by atoms with Crippen LogP contribution < -0.4 is 4.72 Å². The Balaban J connectivity index is 2.78. The number of carbonyl (C=O) groups is 1. The van der Waals surface area contributed by atoms with Crippen LogP contribution in [0.1, 0.15) is 52.4 Å². The van der Waals surface area contributed by atoms with Crippen LogP contribution in [0.5, 0.6) is 0 Å². The highest BCUT2D eigenvalue weighted by Crippen LogP contribution is 2.23. The predicted molar refractivity (Wildman–Crippen MR) is 77.6 cm³/mol. The van der Waals surface area contributed by atoms with Gasteiger partial charge in [0.15, 0.2) is 0 Å². The number of carboxylic acid groups (broad SMARTS) is 1. The van der Waals surface area contributed by atoms with Crippen LogP contribution in [0, 0.1) is 5.92 Å². The second-order valence-electron chi connectivity index (χ2n) is 5.63.